The molecule has 0 atom stereocenters. The third-order valence-corrected chi connectivity index (χ3v) is 4.29. The third-order valence-electron chi connectivity index (χ3n) is 4.10. The molecule has 0 aliphatic carbocycles. The van der Waals surface area contributed by atoms with Crippen molar-refractivity contribution >= 4 is 40.8 Å². The maximum absolute atomic E-state index is 12.1. The number of carbonyl (C=O) groups is 2. The molecule has 0 saturated carbocycles. The highest BCUT2D eigenvalue weighted by molar-refractivity contribution is 7.71. The molecule has 0 radical (unpaired) electrons. The van der Waals surface area contributed by atoms with Gasteiger partial charge in [-0.15, -0.1) is 0 Å². The zero-order valence-electron chi connectivity index (χ0n) is 15.4. The molecule has 0 fully saturated rings. The molecule has 2 amide bonds. The van der Waals surface area contributed by atoms with E-state index in [1.807, 2.05) is 36.4 Å². The molecule has 0 unspecified atom stereocenters. The van der Waals surface area contributed by atoms with Crippen molar-refractivity contribution < 1.29 is 9.59 Å². The van der Waals surface area contributed by atoms with E-state index < -0.39 is 0 Å². The highest BCUT2D eigenvalue weighted by atomic mass is 32.1. The van der Waals surface area contributed by atoms with Crippen LogP contribution in [0.3, 0.4) is 0 Å². The Bertz CT molecular complexity index is 1050. The van der Waals surface area contributed by atoms with Crippen molar-refractivity contribution in [1.29, 1.82) is 0 Å². The van der Waals surface area contributed by atoms with E-state index in [9.17, 15) is 9.59 Å². The van der Waals surface area contributed by atoms with Crippen LogP contribution in [0.1, 0.15) is 22.8 Å². The molecule has 2 aromatic carbocycles. The number of fused-ring (bicyclic) bond motifs is 1. The highest BCUT2D eigenvalue weighted by Gasteiger charge is 2.06. The Morgan fingerprint density at radius 1 is 1.04 bits per heavy atom. The summed E-state index contributed by atoms with van der Waals surface area (Å²) < 4.78 is 0.424. The fraction of sp³-hybridized carbons (Fsp3) is 0.200. The molecule has 4 N–H and O–H groups in total. The molecule has 0 aliphatic rings. The predicted octanol–water partition coefficient (Wildman–Crippen LogP) is 2.77. The third kappa shape index (κ3) is 5.14. The number of rotatable bonds is 7. The van der Waals surface area contributed by atoms with Crippen molar-refractivity contribution in [3.63, 3.8) is 0 Å². The lowest BCUT2D eigenvalue weighted by molar-refractivity contribution is -0.118. The van der Waals surface area contributed by atoms with Crippen molar-refractivity contribution in [2.75, 3.05) is 18.4 Å². The van der Waals surface area contributed by atoms with Gasteiger partial charge in [0.25, 0.3) is 5.91 Å². The Morgan fingerprint density at radius 2 is 1.75 bits per heavy atom. The number of nitrogens with zero attached hydrogens (tertiary/aromatic N) is 1. The first kappa shape index (κ1) is 19.5. The fourth-order valence-corrected chi connectivity index (χ4v) is 2.92. The minimum absolute atomic E-state index is 0.118. The van der Waals surface area contributed by atoms with Gasteiger partial charge in [-0.05, 0) is 42.0 Å². The number of para-hydroxylation sites is 1. The van der Waals surface area contributed by atoms with E-state index in [1.54, 1.807) is 12.1 Å². The first-order chi connectivity index (χ1) is 13.5. The zero-order chi connectivity index (χ0) is 19.9. The van der Waals surface area contributed by atoms with Gasteiger partial charge in [-0.1, -0.05) is 24.3 Å². The number of aromatic nitrogens is 2. The van der Waals surface area contributed by atoms with Crippen molar-refractivity contribution in [3.8, 4) is 0 Å². The average Bonchev–Trinajstić information content (AvgIpc) is 2.69. The molecular weight excluding hydrogens is 374 g/mol. The number of aromatic amines is 1. The molecule has 0 bridgehead atoms. The van der Waals surface area contributed by atoms with Crippen molar-refractivity contribution in [2.45, 2.75) is 13.5 Å². The lowest BCUT2D eigenvalue weighted by Crippen LogP contribution is -2.33. The van der Waals surface area contributed by atoms with Crippen LogP contribution in [0.4, 0.5) is 5.82 Å². The van der Waals surface area contributed by atoms with Gasteiger partial charge in [0.15, 0.2) is 4.77 Å². The van der Waals surface area contributed by atoms with Crippen molar-refractivity contribution in [1.82, 2.24) is 20.6 Å². The summed E-state index contributed by atoms with van der Waals surface area (Å²) in [6.07, 6.45) is 0. The molecule has 3 rings (SSSR count). The van der Waals surface area contributed by atoms with E-state index in [0.29, 0.717) is 30.0 Å². The number of anilines is 1. The Kier molecular flexibility index (Phi) is 6.33. The summed E-state index contributed by atoms with van der Waals surface area (Å²) in [6.45, 7) is 2.79. The van der Waals surface area contributed by atoms with E-state index in [4.69, 9.17) is 12.2 Å². The maximum atomic E-state index is 12.1. The molecule has 7 nitrogen and oxygen atoms in total. The smallest absolute Gasteiger partial charge is 0.251 e. The molecule has 3 aromatic rings. The molecule has 28 heavy (non-hydrogen) atoms. The number of nitrogens with one attached hydrogen (secondary N) is 4. The second kappa shape index (κ2) is 9.09. The lowest BCUT2D eigenvalue weighted by Gasteiger charge is -2.10. The van der Waals surface area contributed by atoms with Crippen LogP contribution in [-0.2, 0) is 11.3 Å². The standard InChI is InChI=1S/C20H21N5O2S/c1-13(26)21-10-11-22-19(27)15-8-6-14(7-9-15)12-23-18-16-4-2-3-5-17(16)24-20(28)25-18/h2-9H,10-12H2,1H3,(H,21,26)(H,22,27)(H2,23,24,25,28). The summed E-state index contributed by atoms with van der Waals surface area (Å²) in [7, 11) is 0. The zero-order valence-corrected chi connectivity index (χ0v) is 16.2. The van der Waals surface area contributed by atoms with Crippen LogP contribution in [0.15, 0.2) is 48.5 Å². The van der Waals surface area contributed by atoms with Gasteiger partial charge in [0.05, 0.1) is 5.52 Å². The average molecular weight is 395 g/mol. The topological polar surface area (TPSA) is 98.9 Å². The molecule has 0 aliphatic heterocycles. The largest absolute Gasteiger partial charge is 0.365 e. The van der Waals surface area contributed by atoms with Crippen LogP contribution in [0.5, 0.6) is 0 Å². The fourth-order valence-electron chi connectivity index (χ4n) is 2.71. The molecule has 0 spiro atoms. The Labute approximate surface area is 167 Å². The molecule has 8 heteroatoms. The SMILES string of the molecule is CC(=O)NCCNC(=O)c1ccc(CNc2nc(=S)[nH]c3ccccc23)cc1. The van der Waals surface area contributed by atoms with Gasteiger partial charge in [0, 0.05) is 37.5 Å². The van der Waals surface area contributed by atoms with Gasteiger partial charge >= 0.3 is 0 Å². The van der Waals surface area contributed by atoms with E-state index in [1.165, 1.54) is 6.92 Å². The second-order valence-corrected chi connectivity index (χ2v) is 6.61. The molecular formula is C20H21N5O2S. The quantitative estimate of drug-likeness (QED) is 0.364. The normalized spacial score (nSPS) is 10.5. The van der Waals surface area contributed by atoms with E-state index >= 15 is 0 Å². The number of benzene rings is 2. The summed E-state index contributed by atoms with van der Waals surface area (Å²) >= 11 is 5.19. The highest BCUT2D eigenvalue weighted by Crippen LogP contribution is 2.19. The minimum Gasteiger partial charge on any atom is -0.365 e. The van der Waals surface area contributed by atoms with Crippen LogP contribution < -0.4 is 16.0 Å². The summed E-state index contributed by atoms with van der Waals surface area (Å²) in [5.41, 5.74) is 2.51. The molecule has 144 valence electrons. The Hall–Kier alpha value is -3.26. The van der Waals surface area contributed by atoms with Gasteiger partial charge in [-0.25, -0.2) is 4.98 Å². The van der Waals surface area contributed by atoms with Gasteiger partial charge < -0.3 is 20.9 Å². The van der Waals surface area contributed by atoms with Crippen molar-refractivity contribution in [2.24, 2.45) is 0 Å². The first-order valence-corrected chi connectivity index (χ1v) is 9.28. The summed E-state index contributed by atoms with van der Waals surface area (Å²) in [4.78, 5) is 30.4. The number of hydrogen-bond acceptors (Lipinski definition) is 5. The molecule has 1 aromatic heterocycles. The Balaban J connectivity index is 1.60. The van der Waals surface area contributed by atoms with Gasteiger partial charge in [-0.2, -0.15) is 0 Å². The van der Waals surface area contributed by atoms with Gasteiger partial charge in [0.1, 0.15) is 5.82 Å². The van der Waals surface area contributed by atoms with Gasteiger partial charge in [-0.3, -0.25) is 9.59 Å². The summed E-state index contributed by atoms with van der Waals surface area (Å²) in [6, 6.07) is 15.1. The first-order valence-electron chi connectivity index (χ1n) is 8.87. The Morgan fingerprint density at radius 3 is 2.50 bits per heavy atom. The van der Waals surface area contributed by atoms with Crippen LogP contribution >= 0.6 is 12.2 Å². The van der Waals surface area contributed by atoms with Crippen LogP contribution in [0.25, 0.3) is 10.9 Å². The van der Waals surface area contributed by atoms with Crippen LogP contribution in [0.2, 0.25) is 0 Å². The van der Waals surface area contributed by atoms with E-state index in [2.05, 4.69) is 25.9 Å². The molecule has 0 saturated heterocycles. The summed E-state index contributed by atoms with van der Waals surface area (Å²) in [5, 5.41) is 9.67. The lowest BCUT2D eigenvalue weighted by atomic mass is 10.1. The number of amides is 2. The molecule has 1 heterocycles. The second-order valence-electron chi connectivity index (χ2n) is 6.23. The monoisotopic (exact) mass is 395 g/mol. The minimum atomic E-state index is -0.174. The van der Waals surface area contributed by atoms with Crippen LogP contribution in [-0.4, -0.2) is 34.9 Å². The van der Waals surface area contributed by atoms with Gasteiger partial charge in [0.2, 0.25) is 5.91 Å². The van der Waals surface area contributed by atoms with E-state index in [-0.39, 0.29) is 11.8 Å². The van der Waals surface area contributed by atoms with Crippen LogP contribution in [0, 0.1) is 4.77 Å². The maximum Gasteiger partial charge on any atom is 0.251 e. The predicted molar refractivity (Wildman–Crippen MR) is 112 cm³/mol. The summed E-state index contributed by atoms with van der Waals surface area (Å²) in [5.74, 6) is 0.429. The van der Waals surface area contributed by atoms with Crippen molar-refractivity contribution in [3.05, 3.63) is 64.4 Å². The number of hydrogen-bond donors (Lipinski definition) is 4. The number of H-pyrrole nitrogens is 1. The number of carbonyl (C=O) groups excluding carboxylic acids is 2. The van der Waals surface area contributed by atoms with E-state index in [0.717, 1.165) is 22.3 Å².